The Labute approximate surface area is 105 Å². The summed E-state index contributed by atoms with van der Waals surface area (Å²) in [4.78, 5) is 13.9. The van der Waals surface area contributed by atoms with Crippen molar-refractivity contribution < 1.29 is 9.90 Å². The molecular weight excluding hydrogens is 240 g/mol. The number of rotatable bonds is 2. The van der Waals surface area contributed by atoms with Crippen LogP contribution in [0.25, 0.3) is 0 Å². The zero-order chi connectivity index (χ0) is 12.4. The van der Waals surface area contributed by atoms with E-state index in [0.717, 1.165) is 12.8 Å². The highest BCUT2D eigenvalue weighted by Gasteiger charge is 2.28. The largest absolute Gasteiger partial charge is 0.398 e. The predicted molar refractivity (Wildman–Crippen MR) is 67.0 cm³/mol. The Kier molecular flexibility index (Phi) is 3.54. The van der Waals surface area contributed by atoms with Crippen LogP contribution in [0, 0.1) is 0 Å². The zero-order valence-electron chi connectivity index (χ0n) is 9.40. The molecule has 92 valence electrons. The summed E-state index contributed by atoms with van der Waals surface area (Å²) in [6, 6.07) is 4.79. The number of likely N-dealkylation sites (tertiary alicyclic amines) is 1. The predicted octanol–water partition coefficient (Wildman–Crippen LogP) is 1.52. The van der Waals surface area contributed by atoms with E-state index < -0.39 is 0 Å². The number of carbonyl (C=O) groups is 1. The van der Waals surface area contributed by atoms with Gasteiger partial charge in [-0.3, -0.25) is 4.79 Å². The van der Waals surface area contributed by atoms with Crippen molar-refractivity contribution in [3.05, 3.63) is 28.8 Å². The van der Waals surface area contributed by atoms with Gasteiger partial charge in [-0.2, -0.15) is 0 Å². The molecule has 1 saturated heterocycles. The molecule has 3 N–H and O–H groups in total. The topological polar surface area (TPSA) is 66.6 Å². The van der Waals surface area contributed by atoms with Gasteiger partial charge in [0.2, 0.25) is 0 Å². The second-order valence-electron chi connectivity index (χ2n) is 4.21. The van der Waals surface area contributed by atoms with Gasteiger partial charge in [-0.25, -0.2) is 0 Å². The number of nitrogens with zero attached hydrogens (tertiary/aromatic N) is 1. The molecule has 0 radical (unpaired) electrons. The minimum atomic E-state index is -0.0927. The first-order chi connectivity index (χ1) is 8.13. The number of nitrogens with two attached hydrogens (primary N) is 1. The van der Waals surface area contributed by atoms with Gasteiger partial charge in [-0.1, -0.05) is 11.6 Å². The Balaban J connectivity index is 2.21. The number of aliphatic hydroxyl groups excluding tert-OH is 1. The summed E-state index contributed by atoms with van der Waals surface area (Å²) < 4.78 is 0. The van der Waals surface area contributed by atoms with Crippen LogP contribution in [-0.4, -0.2) is 35.1 Å². The van der Waals surface area contributed by atoms with Gasteiger partial charge in [0.1, 0.15) is 0 Å². The number of nitrogen functional groups attached to an aromatic ring is 1. The number of benzene rings is 1. The SMILES string of the molecule is Nc1cc(C(=O)N2CCC[C@H]2CO)ccc1Cl. The summed E-state index contributed by atoms with van der Waals surface area (Å²) in [5, 5.41) is 9.64. The molecule has 0 spiro atoms. The van der Waals surface area contributed by atoms with Crippen molar-refractivity contribution in [3.8, 4) is 0 Å². The van der Waals surface area contributed by atoms with Crippen molar-refractivity contribution >= 4 is 23.2 Å². The third kappa shape index (κ3) is 2.37. The van der Waals surface area contributed by atoms with Gasteiger partial charge in [0, 0.05) is 12.1 Å². The Morgan fingerprint density at radius 2 is 2.35 bits per heavy atom. The third-order valence-electron chi connectivity index (χ3n) is 3.09. The van der Waals surface area contributed by atoms with E-state index in [1.807, 2.05) is 0 Å². The Hall–Kier alpha value is -1.26. The van der Waals surface area contributed by atoms with Crippen LogP contribution in [-0.2, 0) is 0 Å². The molecule has 0 aliphatic carbocycles. The van der Waals surface area contributed by atoms with Crippen molar-refractivity contribution in [1.82, 2.24) is 4.90 Å². The lowest BCUT2D eigenvalue weighted by atomic mass is 10.1. The van der Waals surface area contributed by atoms with E-state index in [9.17, 15) is 9.90 Å². The molecule has 0 aromatic heterocycles. The van der Waals surface area contributed by atoms with E-state index in [0.29, 0.717) is 22.8 Å². The fourth-order valence-corrected chi connectivity index (χ4v) is 2.25. The van der Waals surface area contributed by atoms with E-state index >= 15 is 0 Å². The molecule has 1 aliphatic rings. The highest BCUT2D eigenvalue weighted by atomic mass is 35.5. The fraction of sp³-hybridized carbons (Fsp3) is 0.417. The van der Waals surface area contributed by atoms with E-state index in [2.05, 4.69) is 0 Å². The summed E-state index contributed by atoms with van der Waals surface area (Å²) >= 11 is 5.81. The van der Waals surface area contributed by atoms with Crippen LogP contribution in [0.3, 0.4) is 0 Å². The third-order valence-corrected chi connectivity index (χ3v) is 3.44. The van der Waals surface area contributed by atoms with Crippen LogP contribution in [0.1, 0.15) is 23.2 Å². The molecular formula is C12H15ClN2O2. The number of hydrogen-bond acceptors (Lipinski definition) is 3. The molecule has 1 atom stereocenters. The highest BCUT2D eigenvalue weighted by Crippen LogP contribution is 2.23. The standard InChI is InChI=1S/C12H15ClN2O2/c13-10-4-3-8(6-11(10)14)12(17)15-5-1-2-9(15)7-16/h3-4,6,9,16H,1-2,5,7,14H2/t9-/m0/s1. The normalized spacial score (nSPS) is 19.6. The minimum Gasteiger partial charge on any atom is -0.398 e. The Morgan fingerprint density at radius 3 is 3.00 bits per heavy atom. The molecule has 17 heavy (non-hydrogen) atoms. The lowest BCUT2D eigenvalue weighted by Crippen LogP contribution is -2.37. The molecule has 1 aromatic rings. The van der Waals surface area contributed by atoms with Gasteiger partial charge in [0.15, 0.2) is 0 Å². The van der Waals surface area contributed by atoms with E-state index in [4.69, 9.17) is 17.3 Å². The zero-order valence-corrected chi connectivity index (χ0v) is 10.2. The van der Waals surface area contributed by atoms with Gasteiger partial charge in [0.25, 0.3) is 5.91 Å². The smallest absolute Gasteiger partial charge is 0.254 e. The van der Waals surface area contributed by atoms with Crippen molar-refractivity contribution in [3.63, 3.8) is 0 Å². The summed E-state index contributed by atoms with van der Waals surface area (Å²) in [6.07, 6.45) is 1.78. The van der Waals surface area contributed by atoms with Crippen LogP contribution in [0.2, 0.25) is 5.02 Å². The van der Waals surface area contributed by atoms with E-state index in [1.54, 1.807) is 23.1 Å². The van der Waals surface area contributed by atoms with Gasteiger partial charge in [-0.05, 0) is 31.0 Å². The monoisotopic (exact) mass is 254 g/mol. The maximum Gasteiger partial charge on any atom is 0.254 e. The highest BCUT2D eigenvalue weighted by molar-refractivity contribution is 6.33. The molecule has 1 aliphatic heterocycles. The first kappa shape index (κ1) is 12.2. The number of anilines is 1. The van der Waals surface area contributed by atoms with Crippen molar-refractivity contribution in [2.45, 2.75) is 18.9 Å². The van der Waals surface area contributed by atoms with Gasteiger partial charge in [-0.15, -0.1) is 0 Å². The molecule has 1 heterocycles. The molecule has 0 unspecified atom stereocenters. The quantitative estimate of drug-likeness (QED) is 0.787. The first-order valence-electron chi connectivity index (χ1n) is 5.60. The van der Waals surface area contributed by atoms with Crippen LogP contribution >= 0.6 is 11.6 Å². The molecule has 2 rings (SSSR count). The number of amides is 1. The molecule has 0 bridgehead atoms. The van der Waals surface area contributed by atoms with Crippen LogP contribution < -0.4 is 5.73 Å². The first-order valence-corrected chi connectivity index (χ1v) is 5.98. The number of halogens is 1. The van der Waals surface area contributed by atoms with E-state index in [1.165, 1.54) is 0 Å². The second kappa shape index (κ2) is 4.94. The molecule has 1 fully saturated rings. The number of aliphatic hydroxyl groups is 1. The van der Waals surface area contributed by atoms with Crippen molar-refractivity contribution in [2.75, 3.05) is 18.9 Å². The Bertz CT molecular complexity index is 437. The maximum atomic E-state index is 12.2. The lowest BCUT2D eigenvalue weighted by molar-refractivity contribution is 0.0677. The van der Waals surface area contributed by atoms with E-state index in [-0.39, 0.29) is 18.6 Å². The van der Waals surface area contributed by atoms with Gasteiger partial charge >= 0.3 is 0 Å². The summed E-state index contributed by atoms with van der Waals surface area (Å²) in [7, 11) is 0. The molecule has 1 amide bonds. The Morgan fingerprint density at radius 1 is 1.59 bits per heavy atom. The molecule has 0 saturated carbocycles. The average Bonchev–Trinajstić information content (AvgIpc) is 2.80. The lowest BCUT2D eigenvalue weighted by Gasteiger charge is -2.23. The maximum absolute atomic E-state index is 12.2. The van der Waals surface area contributed by atoms with Crippen LogP contribution in [0.15, 0.2) is 18.2 Å². The van der Waals surface area contributed by atoms with Gasteiger partial charge < -0.3 is 15.7 Å². The molecule has 5 heteroatoms. The number of carbonyl (C=O) groups excluding carboxylic acids is 1. The summed E-state index contributed by atoms with van der Waals surface area (Å²) in [6.45, 7) is 0.696. The summed E-state index contributed by atoms with van der Waals surface area (Å²) in [5.74, 6) is -0.0927. The minimum absolute atomic E-state index is 0.00874. The number of hydrogen-bond donors (Lipinski definition) is 2. The van der Waals surface area contributed by atoms with Gasteiger partial charge in [0.05, 0.1) is 23.4 Å². The second-order valence-corrected chi connectivity index (χ2v) is 4.62. The van der Waals surface area contributed by atoms with Crippen molar-refractivity contribution in [2.24, 2.45) is 0 Å². The van der Waals surface area contributed by atoms with Crippen LogP contribution in [0.5, 0.6) is 0 Å². The van der Waals surface area contributed by atoms with Crippen LogP contribution in [0.4, 0.5) is 5.69 Å². The van der Waals surface area contributed by atoms with Crippen molar-refractivity contribution in [1.29, 1.82) is 0 Å². The average molecular weight is 255 g/mol. The fourth-order valence-electron chi connectivity index (χ4n) is 2.14. The molecule has 1 aromatic carbocycles. The summed E-state index contributed by atoms with van der Waals surface area (Å²) in [5.41, 5.74) is 6.59. The molecule has 4 nitrogen and oxygen atoms in total.